The molecule has 2 aromatic rings. The zero-order valence-corrected chi connectivity index (χ0v) is 10.5. The molecule has 0 atom stereocenters. The van der Waals surface area contributed by atoms with Gasteiger partial charge in [0.1, 0.15) is 11.5 Å². The molecular weight excluding hydrogens is 252 g/mol. The van der Waals surface area contributed by atoms with Crippen molar-refractivity contribution in [1.82, 2.24) is 10.3 Å². The summed E-state index contributed by atoms with van der Waals surface area (Å²) in [7, 11) is 0. The number of phenols is 2. The number of amides is 1. The van der Waals surface area contributed by atoms with Crippen LogP contribution in [0.15, 0.2) is 24.4 Å². The maximum absolute atomic E-state index is 11.8. The fraction of sp³-hybridized carbons (Fsp3) is 0.167. The molecule has 0 aliphatic heterocycles. The number of carbonyl (C=O) groups excluding carboxylic acids is 1. The minimum absolute atomic E-state index is 0.0814. The van der Waals surface area contributed by atoms with Gasteiger partial charge in [0, 0.05) is 17.1 Å². The average molecular weight is 264 g/mol. The van der Waals surface area contributed by atoms with Crippen LogP contribution >= 0.6 is 11.3 Å². The largest absolute Gasteiger partial charge is 0.508 e. The van der Waals surface area contributed by atoms with Crippen molar-refractivity contribution in [3.63, 3.8) is 0 Å². The van der Waals surface area contributed by atoms with E-state index in [1.807, 2.05) is 6.92 Å². The molecule has 0 spiro atoms. The molecule has 0 unspecified atom stereocenters. The van der Waals surface area contributed by atoms with Crippen molar-refractivity contribution in [2.45, 2.75) is 13.5 Å². The van der Waals surface area contributed by atoms with Crippen LogP contribution in [-0.2, 0) is 6.54 Å². The number of hydrogen-bond acceptors (Lipinski definition) is 5. The Kier molecular flexibility index (Phi) is 3.47. The van der Waals surface area contributed by atoms with Crippen molar-refractivity contribution < 1.29 is 15.0 Å². The number of thiazole rings is 1. The lowest BCUT2D eigenvalue weighted by Gasteiger charge is -2.05. The van der Waals surface area contributed by atoms with Gasteiger partial charge in [-0.15, -0.1) is 11.3 Å². The van der Waals surface area contributed by atoms with E-state index in [2.05, 4.69) is 10.3 Å². The molecule has 1 aromatic carbocycles. The van der Waals surface area contributed by atoms with E-state index in [0.717, 1.165) is 16.0 Å². The molecule has 1 aromatic heterocycles. The number of aromatic nitrogens is 1. The van der Waals surface area contributed by atoms with Crippen molar-refractivity contribution in [3.8, 4) is 11.5 Å². The lowest BCUT2D eigenvalue weighted by atomic mass is 10.2. The van der Waals surface area contributed by atoms with Gasteiger partial charge in [-0.25, -0.2) is 4.98 Å². The third-order valence-corrected chi connectivity index (χ3v) is 3.23. The third kappa shape index (κ3) is 2.78. The zero-order valence-electron chi connectivity index (χ0n) is 9.67. The Bertz CT molecular complexity index is 580. The average Bonchev–Trinajstić information content (AvgIpc) is 2.72. The summed E-state index contributed by atoms with van der Waals surface area (Å²) in [5.74, 6) is -0.714. The van der Waals surface area contributed by atoms with Gasteiger partial charge in [0.25, 0.3) is 5.91 Å². The van der Waals surface area contributed by atoms with Crippen LogP contribution in [0, 0.1) is 6.92 Å². The Hall–Kier alpha value is -2.08. The maximum atomic E-state index is 11.8. The van der Waals surface area contributed by atoms with E-state index in [1.54, 1.807) is 6.20 Å². The summed E-state index contributed by atoms with van der Waals surface area (Å²) in [6.07, 6.45) is 1.71. The van der Waals surface area contributed by atoms with Gasteiger partial charge >= 0.3 is 0 Å². The quantitative estimate of drug-likeness (QED) is 0.789. The number of rotatable bonds is 3. The molecule has 1 amide bonds. The Morgan fingerprint density at radius 2 is 2.22 bits per heavy atom. The van der Waals surface area contributed by atoms with Crippen molar-refractivity contribution in [2.75, 3.05) is 0 Å². The fourth-order valence-electron chi connectivity index (χ4n) is 1.46. The highest BCUT2D eigenvalue weighted by molar-refractivity contribution is 7.11. The molecule has 5 nitrogen and oxygen atoms in total. The van der Waals surface area contributed by atoms with Crippen molar-refractivity contribution >= 4 is 17.2 Å². The highest BCUT2D eigenvalue weighted by Crippen LogP contribution is 2.22. The standard InChI is InChI=1S/C12H12N2O3S/c1-7-13-5-9(18-7)6-14-12(17)10-3-2-8(15)4-11(10)16/h2-5,15-16H,6H2,1H3,(H,14,17). The Morgan fingerprint density at radius 3 is 2.83 bits per heavy atom. The number of nitrogens with zero attached hydrogens (tertiary/aromatic N) is 1. The molecule has 0 saturated heterocycles. The first-order chi connectivity index (χ1) is 8.56. The van der Waals surface area contributed by atoms with Crippen LogP contribution in [-0.4, -0.2) is 21.1 Å². The number of nitrogens with one attached hydrogen (secondary N) is 1. The normalized spacial score (nSPS) is 10.3. The summed E-state index contributed by atoms with van der Waals surface area (Å²) >= 11 is 1.50. The van der Waals surface area contributed by atoms with Gasteiger partial charge in [0.05, 0.1) is 17.1 Å². The van der Waals surface area contributed by atoms with E-state index in [9.17, 15) is 9.90 Å². The second kappa shape index (κ2) is 5.05. The summed E-state index contributed by atoms with van der Waals surface area (Å²) in [6, 6.07) is 3.86. The van der Waals surface area contributed by atoms with E-state index in [4.69, 9.17) is 5.11 Å². The van der Waals surface area contributed by atoms with Gasteiger partial charge in [-0.3, -0.25) is 4.79 Å². The monoisotopic (exact) mass is 264 g/mol. The molecule has 3 N–H and O–H groups in total. The first kappa shape index (κ1) is 12.4. The maximum Gasteiger partial charge on any atom is 0.255 e. The van der Waals surface area contributed by atoms with E-state index in [1.165, 1.54) is 23.5 Å². The van der Waals surface area contributed by atoms with E-state index < -0.39 is 5.91 Å². The number of phenolic OH excluding ortho intramolecular Hbond substituents is 2. The van der Waals surface area contributed by atoms with Gasteiger partial charge in [0.2, 0.25) is 0 Å². The third-order valence-electron chi connectivity index (χ3n) is 2.32. The molecule has 0 bridgehead atoms. The molecule has 6 heteroatoms. The molecule has 18 heavy (non-hydrogen) atoms. The second-order valence-corrected chi connectivity index (χ2v) is 5.05. The first-order valence-electron chi connectivity index (χ1n) is 5.28. The van der Waals surface area contributed by atoms with E-state index in [-0.39, 0.29) is 17.1 Å². The van der Waals surface area contributed by atoms with Gasteiger partial charge in [0.15, 0.2) is 0 Å². The van der Waals surface area contributed by atoms with Crippen LogP contribution in [0.25, 0.3) is 0 Å². The van der Waals surface area contributed by atoms with Gasteiger partial charge in [-0.2, -0.15) is 0 Å². The van der Waals surface area contributed by atoms with Crippen molar-refractivity contribution in [3.05, 3.63) is 39.8 Å². The van der Waals surface area contributed by atoms with Crippen LogP contribution in [0.4, 0.5) is 0 Å². The smallest absolute Gasteiger partial charge is 0.255 e. The van der Waals surface area contributed by atoms with Crippen LogP contribution in [0.3, 0.4) is 0 Å². The molecule has 0 fully saturated rings. The Balaban J connectivity index is 2.03. The van der Waals surface area contributed by atoms with Crippen LogP contribution < -0.4 is 5.32 Å². The SMILES string of the molecule is Cc1ncc(CNC(=O)c2ccc(O)cc2O)s1. The van der Waals surface area contributed by atoms with Crippen LogP contribution in [0.5, 0.6) is 11.5 Å². The Morgan fingerprint density at radius 1 is 1.44 bits per heavy atom. The number of aryl methyl sites for hydroxylation is 1. The molecule has 0 saturated carbocycles. The van der Waals surface area contributed by atoms with E-state index in [0.29, 0.717) is 6.54 Å². The summed E-state index contributed by atoms with van der Waals surface area (Å²) in [5, 5.41) is 22.3. The molecule has 0 aliphatic carbocycles. The summed E-state index contributed by atoms with van der Waals surface area (Å²) in [6.45, 7) is 2.26. The number of benzene rings is 1. The van der Waals surface area contributed by atoms with Gasteiger partial charge < -0.3 is 15.5 Å². The number of hydrogen-bond donors (Lipinski definition) is 3. The van der Waals surface area contributed by atoms with Gasteiger partial charge in [-0.05, 0) is 19.1 Å². The zero-order chi connectivity index (χ0) is 13.1. The second-order valence-electron chi connectivity index (χ2n) is 3.73. The first-order valence-corrected chi connectivity index (χ1v) is 6.09. The summed E-state index contributed by atoms with van der Waals surface area (Å²) in [5.41, 5.74) is 0.133. The highest BCUT2D eigenvalue weighted by Gasteiger charge is 2.11. The fourth-order valence-corrected chi connectivity index (χ4v) is 2.20. The molecule has 2 rings (SSSR count). The lowest BCUT2D eigenvalue weighted by Crippen LogP contribution is -2.22. The Labute approximate surface area is 108 Å². The summed E-state index contributed by atoms with van der Waals surface area (Å²) in [4.78, 5) is 16.8. The highest BCUT2D eigenvalue weighted by atomic mass is 32.1. The van der Waals surface area contributed by atoms with Crippen LogP contribution in [0.2, 0.25) is 0 Å². The molecule has 0 aliphatic rings. The van der Waals surface area contributed by atoms with Gasteiger partial charge in [-0.1, -0.05) is 0 Å². The predicted molar refractivity (Wildman–Crippen MR) is 67.8 cm³/mol. The molecule has 94 valence electrons. The predicted octanol–water partition coefficient (Wildman–Crippen LogP) is 1.79. The number of carbonyl (C=O) groups is 1. The lowest BCUT2D eigenvalue weighted by molar-refractivity contribution is 0.0948. The summed E-state index contributed by atoms with van der Waals surface area (Å²) < 4.78 is 0. The van der Waals surface area contributed by atoms with Crippen LogP contribution in [0.1, 0.15) is 20.2 Å². The molecule has 0 radical (unpaired) electrons. The number of aromatic hydroxyl groups is 2. The van der Waals surface area contributed by atoms with E-state index >= 15 is 0 Å². The minimum atomic E-state index is -0.390. The molecular formula is C12H12N2O3S. The van der Waals surface area contributed by atoms with Crippen molar-refractivity contribution in [2.24, 2.45) is 0 Å². The topological polar surface area (TPSA) is 82.5 Å². The van der Waals surface area contributed by atoms with Crippen molar-refractivity contribution in [1.29, 1.82) is 0 Å². The minimum Gasteiger partial charge on any atom is -0.508 e. The molecule has 1 heterocycles.